The summed E-state index contributed by atoms with van der Waals surface area (Å²) in [5.74, 6) is 0. The van der Waals surface area contributed by atoms with E-state index in [2.05, 4.69) is 5.32 Å². The molecule has 0 radical (unpaired) electrons. The van der Waals surface area contributed by atoms with E-state index in [9.17, 15) is 0 Å². The lowest BCUT2D eigenvalue weighted by atomic mass is 9.93. The van der Waals surface area contributed by atoms with Crippen LogP contribution in [0.4, 0.5) is 0 Å². The van der Waals surface area contributed by atoms with Gasteiger partial charge in [0.25, 0.3) is 0 Å². The second-order valence-electron chi connectivity index (χ2n) is 2.83. The molecule has 2 heteroatoms. The number of rotatable bonds is 3. The first-order valence-electron chi connectivity index (χ1n) is 3.76. The topological polar surface area (TPSA) is 35.9 Å². The zero-order chi connectivity index (χ0) is 7.40. The summed E-state index contributed by atoms with van der Waals surface area (Å²) in [6.45, 7) is 1.93. The zero-order valence-corrected chi connectivity index (χ0v) is 6.35. The van der Waals surface area contributed by atoms with E-state index in [4.69, 9.17) is 5.41 Å². The molecule has 1 aliphatic rings. The summed E-state index contributed by atoms with van der Waals surface area (Å²) in [6.07, 6.45) is 7.24. The first-order chi connectivity index (χ1) is 4.83. The molecule has 0 aliphatic heterocycles. The molecule has 2 N–H and O–H groups in total. The summed E-state index contributed by atoms with van der Waals surface area (Å²) in [5, 5.41) is 10.2. The van der Waals surface area contributed by atoms with Gasteiger partial charge in [0, 0.05) is 18.5 Å². The maximum Gasteiger partial charge on any atom is 0.0255 e. The molecule has 1 rings (SSSR count). The van der Waals surface area contributed by atoms with Crippen LogP contribution in [0.5, 0.6) is 0 Å². The molecule has 0 aromatic rings. The van der Waals surface area contributed by atoms with Crippen molar-refractivity contribution in [3.63, 3.8) is 0 Å². The molecule has 1 saturated carbocycles. The second-order valence-corrected chi connectivity index (χ2v) is 2.83. The molecular weight excluding hydrogens is 124 g/mol. The van der Waals surface area contributed by atoms with Gasteiger partial charge in [-0.2, -0.15) is 0 Å². The van der Waals surface area contributed by atoms with Crippen molar-refractivity contribution in [3.05, 3.63) is 11.8 Å². The van der Waals surface area contributed by atoms with Gasteiger partial charge in [-0.15, -0.1) is 0 Å². The maximum absolute atomic E-state index is 6.89. The maximum atomic E-state index is 6.89. The Bertz CT molecular complexity index is 145. The standard InChI is InChI=1S/C8H14N2/c1-7(5-9)6-10-8-3-2-4-8/h5-6,8-10H,2-4H2,1H3/b7-6-,9-5?. The van der Waals surface area contributed by atoms with Gasteiger partial charge in [0.1, 0.15) is 0 Å². The molecule has 0 amide bonds. The van der Waals surface area contributed by atoms with Crippen LogP contribution in [-0.2, 0) is 0 Å². The summed E-state index contributed by atoms with van der Waals surface area (Å²) in [6, 6.07) is 0.690. The molecule has 56 valence electrons. The molecule has 10 heavy (non-hydrogen) atoms. The summed E-state index contributed by atoms with van der Waals surface area (Å²) in [5.41, 5.74) is 0.993. The van der Waals surface area contributed by atoms with E-state index in [-0.39, 0.29) is 0 Å². The Hall–Kier alpha value is -0.790. The van der Waals surface area contributed by atoms with Crippen LogP contribution < -0.4 is 5.32 Å². The van der Waals surface area contributed by atoms with Gasteiger partial charge in [0.2, 0.25) is 0 Å². The minimum atomic E-state index is 0.690. The van der Waals surface area contributed by atoms with Crippen molar-refractivity contribution < 1.29 is 0 Å². The van der Waals surface area contributed by atoms with Crippen molar-refractivity contribution in [2.75, 3.05) is 0 Å². The van der Waals surface area contributed by atoms with E-state index in [0.29, 0.717) is 6.04 Å². The molecular formula is C8H14N2. The highest BCUT2D eigenvalue weighted by Gasteiger charge is 2.14. The highest BCUT2D eigenvalue weighted by Crippen LogP contribution is 2.17. The van der Waals surface area contributed by atoms with Crippen molar-refractivity contribution in [2.45, 2.75) is 32.2 Å². The van der Waals surface area contributed by atoms with Gasteiger partial charge < -0.3 is 10.7 Å². The Morgan fingerprint density at radius 3 is 2.70 bits per heavy atom. The first kappa shape index (κ1) is 7.32. The van der Waals surface area contributed by atoms with Crippen LogP contribution in [0.2, 0.25) is 0 Å². The summed E-state index contributed by atoms with van der Waals surface area (Å²) < 4.78 is 0. The number of hydrogen-bond acceptors (Lipinski definition) is 2. The Labute approximate surface area is 61.8 Å². The molecule has 0 saturated heterocycles. The van der Waals surface area contributed by atoms with Crippen LogP contribution in [-0.4, -0.2) is 12.3 Å². The Balaban J connectivity index is 2.18. The monoisotopic (exact) mass is 138 g/mol. The molecule has 0 atom stereocenters. The first-order valence-corrected chi connectivity index (χ1v) is 3.76. The van der Waals surface area contributed by atoms with Gasteiger partial charge in [-0.25, -0.2) is 0 Å². The molecule has 2 nitrogen and oxygen atoms in total. The average Bonchev–Trinajstić information content (AvgIpc) is 1.84. The molecule has 0 unspecified atom stereocenters. The second kappa shape index (κ2) is 3.40. The van der Waals surface area contributed by atoms with Crippen molar-refractivity contribution in [1.82, 2.24) is 5.32 Å². The number of nitrogens with one attached hydrogen (secondary N) is 2. The minimum Gasteiger partial charge on any atom is -0.388 e. The Morgan fingerprint density at radius 2 is 2.30 bits per heavy atom. The molecule has 0 aromatic heterocycles. The van der Waals surface area contributed by atoms with E-state index in [1.807, 2.05) is 13.1 Å². The van der Waals surface area contributed by atoms with Gasteiger partial charge in [-0.1, -0.05) is 0 Å². The predicted molar refractivity (Wildman–Crippen MR) is 43.3 cm³/mol. The molecule has 1 fully saturated rings. The SMILES string of the molecule is C/C(C=N)=C/NC1CCC1. The van der Waals surface area contributed by atoms with E-state index < -0.39 is 0 Å². The fraction of sp³-hybridized carbons (Fsp3) is 0.625. The largest absolute Gasteiger partial charge is 0.388 e. The van der Waals surface area contributed by atoms with Gasteiger partial charge in [0.05, 0.1) is 0 Å². The summed E-state index contributed by atoms with van der Waals surface area (Å²) in [4.78, 5) is 0. The number of allylic oxidation sites excluding steroid dienone is 1. The summed E-state index contributed by atoms with van der Waals surface area (Å²) in [7, 11) is 0. The fourth-order valence-corrected chi connectivity index (χ4v) is 0.866. The highest BCUT2D eigenvalue weighted by atomic mass is 14.9. The van der Waals surface area contributed by atoms with Crippen LogP contribution in [0.15, 0.2) is 11.8 Å². The molecule has 0 spiro atoms. The quantitative estimate of drug-likeness (QED) is 0.572. The fourth-order valence-electron chi connectivity index (χ4n) is 0.866. The summed E-state index contributed by atoms with van der Waals surface area (Å²) >= 11 is 0. The molecule has 0 bridgehead atoms. The molecule has 0 aromatic carbocycles. The van der Waals surface area contributed by atoms with Gasteiger partial charge in [0.15, 0.2) is 0 Å². The predicted octanol–water partition coefficient (Wildman–Crippen LogP) is 1.68. The molecule has 0 heterocycles. The minimum absolute atomic E-state index is 0.690. The third-order valence-corrected chi connectivity index (χ3v) is 1.88. The average molecular weight is 138 g/mol. The normalized spacial score (nSPS) is 19.9. The van der Waals surface area contributed by atoms with E-state index in [1.165, 1.54) is 25.5 Å². The van der Waals surface area contributed by atoms with Crippen LogP contribution >= 0.6 is 0 Å². The molecule has 1 aliphatic carbocycles. The van der Waals surface area contributed by atoms with Gasteiger partial charge >= 0.3 is 0 Å². The Kier molecular flexibility index (Phi) is 2.49. The van der Waals surface area contributed by atoms with E-state index in [1.54, 1.807) is 0 Å². The lowest BCUT2D eigenvalue weighted by Crippen LogP contribution is -2.31. The van der Waals surface area contributed by atoms with Crippen LogP contribution in [0.3, 0.4) is 0 Å². The van der Waals surface area contributed by atoms with Crippen molar-refractivity contribution in [1.29, 1.82) is 5.41 Å². The lowest BCUT2D eigenvalue weighted by Gasteiger charge is -2.25. The lowest BCUT2D eigenvalue weighted by molar-refractivity contribution is 0.372. The third-order valence-electron chi connectivity index (χ3n) is 1.88. The third kappa shape index (κ3) is 1.87. The van der Waals surface area contributed by atoms with Crippen LogP contribution in [0.1, 0.15) is 26.2 Å². The number of hydrogen-bond donors (Lipinski definition) is 2. The smallest absolute Gasteiger partial charge is 0.0255 e. The van der Waals surface area contributed by atoms with Crippen molar-refractivity contribution in [3.8, 4) is 0 Å². The van der Waals surface area contributed by atoms with Crippen LogP contribution in [0, 0.1) is 5.41 Å². The van der Waals surface area contributed by atoms with Gasteiger partial charge in [-0.3, -0.25) is 0 Å². The van der Waals surface area contributed by atoms with Crippen LogP contribution in [0.25, 0.3) is 0 Å². The van der Waals surface area contributed by atoms with Gasteiger partial charge in [-0.05, 0) is 31.8 Å². The zero-order valence-electron chi connectivity index (χ0n) is 6.35. The highest BCUT2D eigenvalue weighted by molar-refractivity contribution is 5.74. The van der Waals surface area contributed by atoms with E-state index >= 15 is 0 Å². The Morgan fingerprint density at radius 1 is 1.60 bits per heavy atom. The van der Waals surface area contributed by atoms with Crippen molar-refractivity contribution >= 4 is 6.21 Å². The van der Waals surface area contributed by atoms with E-state index in [0.717, 1.165) is 5.57 Å². The van der Waals surface area contributed by atoms with Crippen molar-refractivity contribution in [2.24, 2.45) is 0 Å².